The minimum absolute atomic E-state index is 0.106. The number of nitrogens with one attached hydrogen (secondary N) is 1. The molecular formula is C38H38N4O3S. The zero-order valence-corrected chi connectivity index (χ0v) is 27.4. The van der Waals surface area contributed by atoms with E-state index < -0.39 is 12.0 Å². The summed E-state index contributed by atoms with van der Waals surface area (Å²) in [6.07, 6.45) is 0. The van der Waals surface area contributed by atoms with Gasteiger partial charge in [0.25, 0.3) is 0 Å². The summed E-state index contributed by atoms with van der Waals surface area (Å²) in [5.74, 6) is 1.65. The standard InChI is InChI=1S/C38H38N4O3S/c1-26-33(35(43)45-24-27-11-7-5-8-12-27)34(42-36(39-26)40-37(41-42)46-25-29-13-9-6-10-14-29)30-17-21-32(22-18-30)44-23-28-15-19-31(20-16-28)38(2,3)4/h5-22,34H,23-25H2,1-4H3,(H,39,40,41). The van der Waals surface area contributed by atoms with Crippen LogP contribution in [0.15, 0.2) is 126 Å². The zero-order chi connectivity index (χ0) is 32.1. The largest absolute Gasteiger partial charge is 0.489 e. The van der Waals surface area contributed by atoms with Crippen molar-refractivity contribution in [3.8, 4) is 5.75 Å². The Hall–Kier alpha value is -4.82. The highest BCUT2D eigenvalue weighted by Gasteiger charge is 2.35. The number of carbonyl (C=O) groups is 1. The Morgan fingerprint density at radius 2 is 1.46 bits per heavy atom. The zero-order valence-electron chi connectivity index (χ0n) is 26.6. The van der Waals surface area contributed by atoms with Gasteiger partial charge >= 0.3 is 5.97 Å². The lowest BCUT2D eigenvalue weighted by molar-refractivity contribution is -0.140. The quantitative estimate of drug-likeness (QED) is 0.122. The highest BCUT2D eigenvalue weighted by Crippen LogP contribution is 2.38. The van der Waals surface area contributed by atoms with Crippen LogP contribution < -0.4 is 10.1 Å². The third-order valence-corrected chi connectivity index (χ3v) is 8.81. The molecule has 0 bridgehead atoms. The normalized spacial score (nSPS) is 14.4. The van der Waals surface area contributed by atoms with Crippen molar-refractivity contribution in [3.05, 3.63) is 148 Å². The minimum Gasteiger partial charge on any atom is -0.489 e. The molecule has 8 heteroatoms. The van der Waals surface area contributed by atoms with Gasteiger partial charge in [0.15, 0.2) is 0 Å². The van der Waals surface area contributed by atoms with Crippen molar-refractivity contribution in [3.63, 3.8) is 0 Å². The molecule has 46 heavy (non-hydrogen) atoms. The molecule has 0 saturated carbocycles. The third-order valence-electron chi connectivity index (χ3n) is 7.90. The molecule has 0 spiro atoms. The average Bonchev–Trinajstić information content (AvgIpc) is 3.48. The van der Waals surface area contributed by atoms with Crippen LogP contribution in [-0.4, -0.2) is 20.7 Å². The summed E-state index contributed by atoms with van der Waals surface area (Å²) in [5.41, 5.74) is 6.65. The Balaban J connectivity index is 1.24. The first-order valence-corrected chi connectivity index (χ1v) is 16.4. The maximum atomic E-state index is 13.7. The van der Waals surface area contributed by atoms with Gasteiger partial charge in [-0.2, -0.15) is 4.98 Å². The Morgan fingerprint density at radius 3 is 2.11 bits per heavy atom. The van der Waals surface area contributed by atoms with Crippen molar-refractivity contribution in [2.75, 3.05) is 5.32 Å². The number of allylic oxidation sites excluding steroid dienone is 1. The van der Waals surface area contributed by atoms with E-state index in [1.165, 1.54) is 11.1 Å². The Bertz CT molecular complexity index is 1810. The maximum Gasteiger partial charge on any atom is 0.338 e. The topological polar surface area (TPSA) is 78.3 Å². The van der Waals surface area contributed by atoms with Gasteiger partial charge in [-0.25, -0.2) is 9.48 Å². The molecular weight excluding hydrogens is 593 g/mol. The number of esters is 1. The van der Waals surface area contributed by atoms with Gasteiger partial charge in [0.2, 0.25) is 11.1 Å². The van der Waals surface area contributed by atoms with E-state index in [0.717, 1.165) is 28.2 Å². The fourth-order valence-corrected chi connectivity index (χ4v) is 6.09. The SMILES string of the molecule is CC1=C(C(=O)OCc2ccccc2)C(c2ccc(OCc3ccc(C(C)(C)C)cc3)cc2)n2nc(SCc3ccccc3)nc2N1. The lowest BCUT2D eigenvalue weighted by Gasteiger charge is -2.28. The molecule has 0 aliphatic carbocycles. The molecule has 1 aliphatic rings. The second-order valence-electron chi connectivity index (χ2n) is 12.4. The Kier molecular flexibility index (Phi) is 9.26. The summed E-state index contributed by atoms with van der Waals surface area (Å²) in [4.78, 5) is 18.5. The molecule has 0 amide bonds. The van der Waals surface area contributed by atoms with Crippen LogP contribution in [0.1, 0.15) is 61.6 Å². The van der Waals surface area contributed by atoms with E-state index in [1.807, 2.05) is 79.7 Å². The first kappa shape index (κ1) is 31.2. The number of carbonyl (C=O) groups excluding carboxylic acids is 1. The second kappa shape index (κ2) is 13.7. The average molecular weight is 631 g/mol. The molecule has 7 nitrogen and oxygen atoms in total. The molecule has 2 heterocycles. The van der Waals surface area contributed by atoms with Crippen molar-refractivity contribution in [2.45, 2.75) is 63.3 Å². The Morgan fingerprint density at radius 1 is 0.826 bits per heavy atom. The molecule has 6 rings (SSSR count). The van der Waals surface area contributed by atoms with Crippen LogP contribution in [-0.2, 0) is 33.9 Å². The monoisotopic (exact) mass is 630 g/mol. The van der Waals surface area contributed by atoms with Crippen LogP contribution in [0.2, 0.25) is 0 Å². The van der Waals surface area contributed by atoms with Gasteiger partial charge in [0, 0.05) is 11.4 Å². The van der Waals surface area contributed by atoms with Gasteiger partial charge in [0.05, 0.1) is 5.57 Å². The van der Waals surface area contributed by atoms with Crippen LogP contribution >= 0.6 is 11.8 Å². The number of rotatable bonds is 10. The van der Waals surface area contributed by atoms with Crippen LogP contribution in [0.5, 0.6) is 5.75 Å². The summed E-state index contributed by atoms with van der Waals surface area (Å²) in [5, 5.41) is 8.79. The smallest absolute Gasteiger partial charge is 0.338 e. The number of ether oxygens (including phenoxy) is 2. The van der Waals surface area contributed by atoms with E-state index in [4.69, 9.17) is 19.6 Å². The van der Waals surface area contributed by atoms with E-state index >= 15 is 0 Å². The van der Waals surface area contributed by atoms with E-state index in [2.05, 4.69) is 62.5 Å². The van der Waals surface area contributed by atoms with Crippen molar-refractivity contribution in [2.24, 2.45) is 0 Å². The number of thioether (sulfide) groups is 1. The number of benzene rings is 4. The molecule has 234 valence electrons. The van der Waals surface area contributed by atoms with Crippen LogP contribution in [0.4, 0.5) is 5.95 Å². The molecule has 1 aliphatic heterocycles. The highest BCUT2D eigenvalue weighted by molar-refractivity contribution is 7.98. The molecule has 1 unspecified atom stereocenters. The van der Waals surface area contributed by atoms with Gasteiger partial charge < -0.3 is 14.8 Å². The molecule has 5 aromatic rings. The van der Waals surface area contributed by atoms with Gasteiger partial charge in [-0.3, -0.25) is 0 Å². The number of hydrogen-bond acceptors (Lipinski definition) is 7. The summed E-state index contributed by atoms with van der Waals surface area (Å²) in [6.45, 7) is 9.14. The minimum atomic E-state index is -0.530. The predicted octanol–water partition coefficient (Wildman–Crippen LogP) is 8.48. The van der Waals surface area contributed by atoms with Crippen molar-refractivity contribution >= 4 is 23.7 Å². The van der Waals surface area contributed by atoms with Crippen molar-refractivity contribution < 1.29 is 14.3 Å². The van der Waals surface area contributed by atoms with Crippen molar-refractivity contribution in [1.29, 1.82) is 0 Å². The highest BCUT2D eigenvalue weighted by atomic mass is 32.2. The predicted molar refractivity (Wildman–Crippen MR) is 183 cm³/mol. The van der Waals surface area contributed by atoms with E-state index in [9.17, 15) is 4.79 Å². The molecule has 0 radical (unpaired) electrons. The third kappa shape index (κ3) is 7.35. The van der Waals surface area contributed by atoms with Gasteiger partial charge in [-0.15, -0.1) is 5.10 Å². The summed E-state index contributed by atoms with van der Waals surface area (Å²) in [7, 11) is 0. The van der Waals surface area contributed by atoms with Crippen LogP contribution in [0, 0.1) is 0 Å². The Labute approximate surface area is 274 Å². The fourth-order valence-electron chi connectivity index (χ4n) is 5.30. The number of nitrogens with zero attached hydrogens (tertiary/aromatic N) is 3. The second-order valence-corrected chi connectivity index (χ2v) is 13.3. The van der Waals surface area contributed by atoms with Crippen molar-refractivity contribution in [1.82, 2.24) is 14.8 Å². The molecule has 1 N–H and O–H groups in total. The summed E-state index contributed by atoms with van der Waals surface area (Å²) < 4.78 is 13.7. The van der Waals surface area contributed by atoms with Crippen LogP contribution in [0.3, 0.4) is 0 Å². The van der Waals surface area contributed by atoms with Gasteiger partial charge in [-0.05, 0) is 52.3 Å². The van der Waals surface area contributed by atoms with E-state index in [1.54, 1.807) is 16.4 Å². The molecule has 1 aromatic heterocycles. The summed E-state index contributed by atoms with van der Waals surface area (Å²) in [6, 6.07) is 35.8. The molecule has 4 aromatic carbocycles. The number of hydrogen-bond donors (Lipinski definition) is 1. The van der Waals surface area contributed by atoms with E-state index in [-0.39, 0.29) is 12.0 Å². The number of fused-ring (bicyclic) bond motifs is 1. The lowest BCUT2D eigenvalue weighted by Crippen LogP contribution is -2.29. The maximum absolute atomic E-state index is 13.7. The first-order chi connectivity index (χ1) is 22.2. The van der Waals surface area contributed by atoms with Crippen LogP contribution in [0.25, 0.3) is 0 Å². The fraction of sp³-hybridized carbons (Fsp3) is 0.237. The first-order valence-electron chi connectivity index (χ1n) is 15.4. The number of aromatic nitrogens is 3. The lowest BCUT2D eigenvalue weighted by atomic mass is 9.87. The molecule has 1 atom stereocenters. The molecule has 0 fully saturated rings. The van der Waals surface area contributed by atoms with E-state index in [0.29, 0.717) is 29.0 Å². The van der Waals surface area contributed by atoms with Gasteiger partial charge in [0.1, 0.15) is 25.0 Å². The number of anilines is 1. The van der Waals surface area contributed by atoms with Gasteiger partial charge in [-0.1, -0.05) is 130 Å². The summed E-state index contributed by atoms with van der Waals surface area (Å²) >= 11 is 1.55. The molecule has 0 saturated heterocycles.